The number of esters is 1. The minimum absolute atomic E-state index is 0.203. The summed E-state index contributed by atoms with van der Waals surface area (Å²) in [7, 11) is 6.16. The number of thiazole rings is 1. The second-order valence-electron chi connectivity index (χ2n) is 8.00. The van der Waals surface area contributed by atoms with Crippen molar-refractivity contribution in [3.05, 3.63) is 78.5 Å². The molecule has 4 rings (SSSR count). The zero-order valence-corrected chi connectivity index (χ0v) is 22.3. The molecule has 9 nitrogen and oxygen atoms in total. The second-order valence-corrected chi connectivity index (χ2v) is 9.01. The molecule has 3 aromatic rings. The van der Waals surface area contributed by atoms with Crippen LogP contribution >= 0.6 is 11.3 Å². The summed E-state index contributed by atoms with van der Waals surface area (Å²) in [5, 5.41) is 0. The van der Waals surface area contributed by atoms with Crippen molar-refractivity contribution in [3.8, 4) is 23.0 Å². The summed E-state index contributed by atoms with van der Waals surface area (Å²) in [6.45, 7) is 3.69. The number of fused-ring (bicyclic) bond motifs is 1. The number of hydrogen-bond donors (Lipinski definition) is 0. The number of carbonyl (C=O) groups excluding carboxylic acids is 1. The maximum Gasteiger partial charge on any atom is 0.338 e. The molecule has 0 amide bonds. The molecule has 1 aromatic heterocycles. The number of aromatic nitrogens is 1. The predicted octanol–water partition coefficient (Wildman–Crippen LogP) is 2.83. The lowest BCUT2D eigenvalue weighted by molar-refractivity contribution is -0.139. The van der Waals surface area contributed by atoms with Crippen LogP contribution in [0.4, 0.5) is 0 Å². The molecule has 10 heteroatoms. The van der Waals surface area contributed by atoms with Crippen molar-refractivity contribution in [3.63, 3.8) is 0 Å². The van der Waals surface area contributed by atoms with Gasteiger partial charge in [0, 0.05) is 5.56 Å². The maximum atomic E-state index is 13.8. The van der Waals surface area contributed by atoms with Gasteiger partial charge in [-0.15, -0.1) is 0 Å². The van der Waals surface area contributed by atoms with Crippen molar-refractivity contribution in [1.29, 1.82) is 0 Å². The third-order valence-corrected chi connectivity index (χ3v) is 6.95. The zero-order valence-electron chi connectivity index (χ0n) is 21.5. The van der Waals surface area contributed by atoms with E-state index in [-0.39, 0.29) is 12.2 Å². The fourth-order valence-electron chi connectivity index (χ4n) is 4.27. The molecular formula is C27H28N2O7S. The first-order valence-electron chi connectivity index (χ1n) is 11.5. The molecule has 194 valence electrons. The van der Waals surface area contributed by atoms with Crippen LogP contribution in [0, 0.1) is 0 Å². The van der Waals surface area contributed by atoms with Crippen molar-refractivity contribution in [2.24, 2.45) is 4.99 Å². The number of carbonyl (C=O) groups is 1. The van der Waals surface area contributed by atoms with E-state index in [2.05, 4.69) is 4.99 Å². The number of benzene rings is 2. The molecule has 1 unspecified atom stereocenters. The summed E-state index contributed by atoms with van der Waals surface area (Å²) < 4.78 is 29.0. The van der Waals surface area contributed by atoms with Crippen LogP contribution in [0.5, 0.6) is 23.0 Å². The Hall–Kier alpha value is -4.05. The van der Waals surface area contributed by atoms with Crippen LogP contribution in [0.2, 0.25) is 0 Å². The Bertz CT molecular complexity index is 1530. The highest BCUT2D eigenvalue weighted by molar-refractivity contribution is 7.07. The molecule has 0 bridgehead atoms. The molecular weight excluding hydrogens is 496 g/mol. The van der Waals surface area contributed by atoms with Crippen LogP contribution in [0.15, 0.2) is 57.5 Å². The highest BCUT2D eigenvalue weighted by Gasteiger charge is 2.33. The van der Waals surface area contributed by atoms with Crippen LogP contribution in [-0.2, 0) is 9.53 Å². The molecule has 1 aliphatic rings. The number of hydrogen-bond acceptors (Lipinski definition) is 9. The number of allylic oxidation sites excluding steroid dienone is 1. The molecule has 0 radical (unpaired) electrons. The Morgan fingerprint density at radius 3 is 2.30 bits per heavy atom. The molecule has 0 aliphatic carbocycles. The van der Waals surface area contributed by atoms with E-state index in [4.69, 9.17) is 23.7 Å². The van der Waals surface area contributed by atoms with Gasteiger partial charge in [0.15, 0.2) is 16.3 Å². The summed E-state index contributed by atoms with van der Waals surface area (Å²) in [5.74, 6) is 1.51. The second kappa shape index (κ2) is 10.9. The quantitative estimate of drug-likeness (QED) is 0.418. The molecule has 1 aliphatic heterocycles. The van der Waals surface area contributed by atoms with E-state index in [1.807, 2.05) is 12.1 Å². The Balaban J connectivity index is 1.96. The largest absolute Gasteiger partial charge is 0.497 e. The van der Waals surface area contributed by atoms with Crippen LogP contribution in [0.25, 0.3) is 6.08 Å². The van der Waals surface area contributed by atoms with Gasteiger partial charge in [-0.1, -0.05) is 23.5 Å². The highest BCUT2D eigenvalue weighted by Crippen LogP contribution is 2.40. The van der Waals surface area contributed by atoms with Gasteiger partial charge in [-0.05, 0) is 49.8 Å². The zero-order chi connectivity index (χ0) is 26.7. The van der Waals surface area contributed by atoms with Gasteiger partial charge in [0.1, 0.15) is 5.75 Å². The van der Waals surface area contributed by atoms with E-state index < -0.39 is 12.0 Å². The lowest BCUT2D eigenvalue weighted by atomic mass is 9.96. The van der Waals surface area contributed by atoms with Gasteiger partial charge in [-0.3, -0.25) is 9.36 Å². The molecule has 0 saturated heterocycles. The smallest absolute Gasteiger partial charge is 0.338 e. The maximum absolute atomic E-state index is 13.8. The summed E-state index contributed by atoms with van der Waals surface area (Å²) in [6.07, 6.45) is 1.72. The Morgan fingerprint density at radius 2 is 1.70 bits per heavy atom. The van der Waals surface area contributed by atoms with Gasteiger partial charge in [-0.2, -0.15) is 0 Å². The van der Waals surface area contributed by atoms with E-state index in [1.165, 1.54) is 37.2 Å². The predicted molar refractivity (Wildman–Crippen MR) is 139 cm³/mol. The van der Waals surface area contributed by atoms with Gasteiger partial charge < -0.3 is 23.7 Å². The standard InChI is InChI=1S/C27H28N2O7S/c1-7-36-26(31)21-15(2)28-27-29(22(21)16-8-11-18(32-3)12-9-16)25(30)20(37-27)14-17-10-13-19(33-4)24(35-6)23(17)34-5/h8-14,22H,7H2,1-6H3/b20-14+. The monoisotopic (exact) mass is 524 g/mol. The van der Waals surface area contributed by atoms with E-state index in [9.17, 15) is 9.59 Å². The summed E-state index contributed by atoms with van der Waals surface area (Å²) in [5.41, 5.74) is 1.88. The SMILES string of the molecule is CCOC(=O)C1=C(C)N=c2s/c(=C/c3ccc(OC)c(OC)c3OC)c(=O)n2C1c1ccc(OC)cc1. The topological polar surface area (TPSA) is 97.6 Å². The van der Waals surface area contributed by atoms with Crippen molar-refractivity contribution in [2.75, 3.05) is 35.0 Å². The minimum atomic E-state index is -0.712. The minimum Gasteiger partial charge on any atom is -0.497 e. The number of ether oxygens (including phenoxy) is 5. The van der Waals surface area contributed by atoms with Gasteiger partial charge >= 0.3 is 5.97 Å². The van der Waals surface area contributed by atoms with E-state index in [0.29, 0.717) is 49.2 Å². The molecule has 2 heterocycles. The number of methoxy groups -OCH3 is 4. The van der Waals surface area contributed by atoms with E-state index >= 15 is 0 Å². The lowest BCUT2D eigenvalue weighted by Crippen LogP contribution is -2.39. The lowest BCUT2D eigenvalue weighted by Gasteiger charge is -2.24. The summed E-state index contributed by atoms with van der Waals surface area (Å²) >= 11 is 1.23. The van der Waals surface area contributed by atoms with Crippen molar-refractivity contribution >= 4 is 23.4 Å². The first-order valence-corrected chi connectivity index (χ1v) is 12.3. The first-order chi connectivity index (χ1) is 17.9. The van der Waals surface area contributed by atoms with Crippen molar-refractivity contribution < 1.29 is 28.5 Å². The van der Waals surface area contributed by atoms with Crippen LogP contribution < -0.4 is 33.8 Å². The van der Waals surface area contributed by atoms with Gasteiger partial charge in [0.25, 0.3) is 5.56 Å². The van der Waals surface area contributed by atoms with E-state index in [0.717, 1.165) is 5.56 Å². The first kappa shape index (κ1) is 26.0. The third kappa shape index (κ3) is 4.72. The Morgan fingerprint density at radius 1 is 1.00 bits per heavy atom. The molecule has 0 spiro atoms. The number of rotatable bonds is 8. The van der Waals surface area contributed by atoms with Crippen molar-refractivity contribution in [2.45, 2.75) is 19.9 Å². The van der Waals surface area contributed by atoms with Gasteiger partial charge in [-0.25, -0.2) is 9.79 Å². The third-order valence-electron chi connectivity index (χ3n) is 5.97. The van der Waals surface area contributed by atoms with Crippen LogP contribution in [0.3, 0.4) is 0 Å². The van der Waals surface area contributed by atoms with Crippen molar-refractivity contribution in [1.82, 2.24) is 4.57 Å². The molecule has 0 saturated carbocycles. The summed E-state index contributed by atoms with van der Waals surface area (Å²) in [6, 6.07) is 10.1. The van der Waals surface area contributed by atoms with Crippen LogP contribution in [0.1, 0.15) is 31.0 Å². The molecule has 0 fully saturated rings. The molecule has 1 atom stereocenters. The molecule has 0 N–H and O–H groups in total. The van der Waals surface area contributed by atoms with Gasteiger partial charge in [0.05, 0.1) is 56.9 Å². The van der Waals surface area contributed by atoms with E-state index in [1.54, 1.807) is 51.3 Å². The Labute approximate surface area is 217 Å². The molecule has 37 heavy (non-hydrogen) atoms. The van der Waals surface area contributed by atoms with Gasteiger partial charge in [0.2, 0.25) is 5.75 Å². The average molecular weight is 525 g/mol. The number of nitrogens with zero attached hydrogens (tertiary/aromatic N) is 2. The normalized spacial score (nSPS) is 15.1. The average Bonchev–Trinajstić information content (AvgIpc) is 3.21. The fourth-order valence-corrected chi connectivity index (χ4v) is 5.31. The summed E-state index contributed by atoms with van der Waals surface area (Å²) in [4.78, 5) is 31.9. The van der Waals surface area contributed by atoms with Crippen LogP contribution in [-0.4, -0.2) is 45.6 Å². The highest BCUT2D eigenvalue weighted by atomic mass is 32.1. The molecule has 2 aromatic carbocycles. The Kier molecular flexibility index (Phi) is 7.68. The fraction of sp³-hybridized carbons (Fsp3) is 0.296.